The van der Waals surface area contributed by atoms with Crippen molar-refractivity contribution in [1.29, 1.82) is 0 Å². The quantitative estimate of drug-likeness (QED) is 0.687. The predicted octanol–water partition coefficient (Wildman–Crippen LogP) is 3.76. The van der Waals surface area contributed by atoms with E-state index < -0.39 is 6.04 Å². The molecule has 1 N–H and O–H groups in total. The lowest BCUT2D eigenvalue weighted by Gasteiger charge is -2.30. The van der Waals surface area contributed by atoms with Gasteiger partial charge in [0.05, 0.1) is 13.5 Å². The molecule has 160 valence electrons. The highest BCUT2D eigenvalue weighted by Crippen LogP contribution is 2.18. The summed E-state index contributed by atoms with van der Waals surface area (Å²) in [6, 6.07) is 17.3. The normalized spacial score (nSPS) is 14.9. The zero-order valence-corrected chi connectivity index (χ0v) is 18.0. The van der Waals surface area contributed by atoms with Crippen LogP contribution in [0.5, 0.6) is 5.75 Å². The molecule has 1 atom stereocenters. The van der Waals surface area contributed by atoms with Crippen molar-refractivity contribution < 1.29 is 14.3 Å². The summed E-state index contributed by atoms with van der Waals surface area (Å²) < 4.78 is 5.19. The Balaban J connectivity index is 1.69. The van der Waals surface area contributed by atoms with E-state index >= 15 is 0 Å². The van der Waals surface area contributed by atoms with E-state index in [2.05, 4.69) is 17.4 Å². The van der Waals surface area contributed by atoms with Crippen LogP contribution in [-0.2, 0) is 22.4 Å². The molecule has 0 spiro atoms. The first-order valence-corrected chi connectivity index (χ1v) is 10.8. The molecule has 0 aromatic heterocycles. The zero-order valence-electron chi connectivity index (χ0n) is 18.0. The molecule has 0 bridgehead atoms. The van der Waals surface area contributed by atoms with Crippen molar-refractivity contribution in [2.24, 2.45) is 0 Å². The van der Waals surface area contributed by atoms with E-state index in [1.807, 2.05) is 49.4 Å². The van der Waals surface area contributed by atoms with E-state index in [4.69, 9.17) is 4.74 Å². The summed E-state index contributed by atoms with van der Waals surface area (Å²) in [5, 5.41) is 3.14. The number of carbonyl (C=O) groups is 2. The van der Waals surface area contributed by atoms with Crippen molar-refractivity contribution in [2.75, 3.05) is 13.7 Å². The van der Waals surface area contributed by atoms with Gasteiger partial charge < -0.3 is 15.0 Å². The number of nitrogens with zero attached hydrogens (tertiary/aromatic N) is 1. The molecule has 0 heterocycles. The van der Waals surface area contributed by atoms with E-state index in [0.29, 0.717) is 6.54 Å². The lowest BCUT2D eigenvalue weighted by Crippen LogP contribution is -2.51. The van der Waals surface area contributed by atoms with E-state index in [1.54, 1.807) is 12.0 Å². The molecular weight excluding hydrogens is 376 g/mol. The predicted molar refractivity (Wildman–Crippen MR) is 118 cm³/mol. The van der Waals surface area contributed by atoms with Crippen LogP contribution in [0.4, 0.5) is 0 Å². The molecule has 1 saturated carbocycles. The topological polar surface area (TPSA) is 58.6 Å². The third-order valence-corrected chi connectivity index (χ3v) is 5.87. The summed E-state index contributed by atoms with van der Waals surface area (Å²) >= 11 is 0. The summed E-state index contributed by atoms with van der Waals surface area (Å²) in [6.07, 6.45) is 5.36. The van der Waals surface area contributed by atoms with Crippen molar-refractivity contribution >= 4 is 11.8 Å². The monoisotopic (exact) mass is 408 g/mol. The minimum absolute atomic E-state index is 0.0369. The summed E-state index contributed by atoms with van der Waals surface area (Å²) in [4.78, 5) is 27.8. The maximum Gasteiger partial charge on any atom is 0.242 e. The van der Waals surface area contributed by atoms with Gasteiger partial charge in [-0.15, -0.1) is 0 Å². The van der Waals surface area contributed by atoms with Crippen LogP contribution >= 0.6 is 0 Å². The third kappa shape index (κ3) is 6.09. The number of nitrogens with one attached hydrogen (secondary N) is 1. The number of ether oxygens (including phenoxy) is 1. The minimum Gasteiger partial charge on any atom is -0.497 e. The molecule has 30 heavy (non-hydrogen) atoms. The number of rotatable bonds is 9. The lowest BCUT2D eigenvalue weighted by molar-refractivity contribution is -0.139. The van der Waals surface area contributed by atoms with Crippen molar-refractivity contribution in [3.05, 3.63) is 65.7 Å². The SMILES string of the molecule is COc1ccc(CC(=O)N(CCc2ccccc2)C(C)C(=O)NC2CCCC2)cc1. The molecule has 0 radical (unpaired) electrons. The maximum atomic E-state index is 13.2. The van der Waals surface area contributed by atoms with Crippen LogP contribution < -0.4 is 10.1 Å². The number of benzene rings is 2. The van der Waals surface area contributed by atoms with E-state index in [0.717, 1.165) is 49.0 Å². The molecule has 5 heteroatoms. The highest BCUT2D eigenvalue weighted by molar-refractivity contribution is 5.88. The Hall–Kier alpha value is -2.82. The fourth-order valence-corrected chi connectivity index (χ4v) is 3.98. The second-order valence-corrected chi connectivity index (χ2v) is 8.01. The van der Waals surface area contributed by atoms with Crippen molar-refractivity contribution in [1.82, 2.24) is 10.2 Å². The Morgan fingerprint density at radius 2 is 1.70 bits per heavy atom. The molecule has 0 saturated heterocycles. The van der Waals surface area contributed by atoms with E-state index in [-0.39, 0.29) is 24.3 Å². The van der Waals surface area contributed by atoms with Crippen molar-refractivity contribution in [3.8, 4) is 5.75 Å². The van der Waals surface area contributed by atoms with Crippen LogP contribution in [0, 0.1) is 0 Å². The number of carbonyl (C=O) groups excluding carboxylic acids is 2. The molecule has 5 nitrogen and oxygen atoms in total. The van der Waals surface area contributed by atoms with Gasteiger partial charge in [0, 0.05) is 12.6 Å². The van der Waals surface area contributed by atoms with E-state index in [1.165, 1.54) is 0 Å². The molecule has 2 amide bonds. The Labute approximate surface area is 179 Å². The number of methoxy groups -OCH3 is 1. The largest absolute Gasteiger partial charge is 0.497 e. The Morgan fingerprint density at radius 3 is 2.33 bits per heavy atom. The summed E-state index contributed by atoms with van der Waals surface area (Å²) in [5.74, 6) is 0.666. The van der Waals surface area contributed by atoms with Gasteiger partial charge in [-0.2, -0.15) is 0 Å². The molecule has 2 aromatic rings. The fourth-order valence-electron chi connectivity index (χ4n) is 3.98. The Bertz CT molecular complexity index is 814. The van der Waals surface area contributed by atoms with Crippen LogP contribution in [-0.4, -0.2) is 42.5 Å². The standard InChI is InChI=1S/C25H32N2O3/c1-19(25(29)26-22-10-6-7-11-22)27(17-16-20-8-4-3-5-9-20)24(28)18-21-12-14-23(30-2)15-13-21/h3-5,8-9,12-15,19,22H,6-7,10-11,16-18H2,1-2H3,(H,26,29). The molecular formula is C25H32N2O3. The van der Waals surface area contributed by atoms with Gasteiger partial charge in [0.25, 0.3) is 0 Å². The molecule has 1 aliphatic carbocycles. The van der Waals surface area contributed by atoms with Crippen LogP contribution in [0.2, 0.25) is 0 Å². The van der Waals surface area contributed by atoms with Crippen LogP contribution in [0.25, 0.3) is 0 Å². The Kier molecular flexibility index (Phi) is 7.89. The van der Waals surface area contributed by atoms with Gasteiger partial charge in [0.15, 0.2) is 0 Å². The third-order valence-electron chi connectivity index (χ3n) is 5.87. The van der Waals surface area contributed by atoms with E-state index in [9.17, 15) is 9.59 Å². The van der Waals surface area contributed by atoms with Crippen LogP contribution in [0.15, 0.2) is 54.6 Å². The first-order chi connectivity index (χ1) is 14.6. The first kappa shape index (κ1) is 21.9. The van der Waals surface area contributed by atoms with Gasteiger partial charge >= 0.3 is 0 Å². The van der Waals surface area contributed by atoms with Crippen molar-refractivity contribution in [2.45, 2.75) is 57.5 Å². The van der Waals surface area contributed by atoms with Crippen molar-refractivity contribution in [3.63, 3.8) is 0 Å². The number of hydrogen-bond acceptors (Lipinski definition) is 3. The van der Waals surface area contributed by atoms with Gasteiger partial charge in [0.2, 0.25) is 11.8 Å². The molecule has 1 fully saturated rings. The Morgan fingerprint density at radius 1 is 1.03 bits per heavy atom. The summed E-state index contributed by atoms with van der Waals surface area (Å²) in [7, 11) is 1.62. The first-order valence-electron chi connectivity index (χ1n) is 10.8. The maximum absolute atomic E-state index is 13.2. The summed E-state index contributed by atoms with van der Waals surface area (Å²) in [5.41, 5.74) is 2.07. The minimum atomic E-state index is -0.500. The molecule has 1 aliphatic rings. The van der Waals surface area contributed by atoms with Crippen LogP contribution in [0.3, 0.4) is 0 Å². The van der Waals surface area contributed by atoms with Crippen LogP contribution in [0.1, 0.15) is 43.7 Å². The number of hydrogen-bond donors (Lipinski definition) is 1. The zero-order chi connectivity index (χ0) is 21.3. The summed E-state index contributed by atoms with van der Waals surface area (Å²) in [6.45, 7) is 2.35. The average Bonchev–Trinajstić information content (AvgIpc) is 3.28. The highest BCUT2D eigenvalue weighted by Gasteiger charge is 2.28. The molecule has 0 aliphatic heterocycles. The van der Waals surface area contributed by atoms with Gasteiger partial charge in [-0.25, -0.2) is 0 Å². The number of amides is 2. The fraction of sp³-hybridized carbons (Fsp3) is 0.440. The van der Waals surface area contributed by atoms with Gasteiger partial charge in [-0.1, -0.05) is 55.3 Å². The van der Waals surface area contributed by atoms with Gasteiger partial charge in [-0.3, -0.25) is 9.59 Å². The second-order valence-electron chi connectivity index (χ2n) is 8.01. The average molecular weight is 409 g/mol. The molecule has 1 unspecified atom stereocenters. The lowest BCUT2D eigenvalue weighted by atomic mass is 10.1. The second kappa shape index (κ2) is 10.8. The van der Waals surface area contributed by atoms with Gasteiger partial charge in [0.1, 0.15) is 11.8 Å². The smallest absolute Gasteiger partial charge is 0.242 e. The highest BCUT2D eigenvalue weighted by atomic mass is 16.5. The van der Waals surface area contributed by atoms with Gasteiger partial charge in [-0.05, 0) is 49.4 Å². The molecule has 3 rings (SSSR count). The molecule has 2 aromatic carbocycles.